The number of nitrogens with one attached hydrogen (secondary N) is 1. The van der Waals surface area contributed by atoms with E-state index in [1.54, 1.807) is 16.2 Å². The molecule has 0 aliphatic rings. The molecule has 1 aromatic heterocycles. The van der Waals surface area contributed by atoms with Gasteiger partial charge in [-0.05, 0) is 31.2 Å². The Morgan fingerprint density at radius 1 is 1.07 bits per heavy atom. The van der Waals surface area contributed by atoms with Crippen molar-refractivity contribution in [3.8, 4) is 0 Å². The van der Waals surface area contributed by atoms with E-state index < -0.39 is 0 Å². The van der Waals surface area contributed by atoms with Gasteiger partial charge in [0.05, 0.1) is 23.3 Å². The van der Waals surface area contributed by atoms with Crippen molar-refractivity contribution >= 4 is 33.1 Å². The minimum absolute atomic E-state index is 0.154. The van der Waals surface area contributed by atoms with Crippen molar-refractivity contribution in [2.75, 3.05) is 39.1 Å². The molecule has 0 saturated heterocycles. The highest BCUT2D eigenvalue weighted by atomic mass is 32.1. The van der Waals surface area contributed by atoms with Gasteiger partial charge in [0.1, 0.15) is 11.6 Å². The first kappa shape index (κ1) is 20.3. The molecule has 1 atom stereocenters. The van der Waals surface area contributed by atoms with Crippen molar-refractivity contribution in [1.29, 1.82) is 0 Å². The number of amides is 1. The van der Waals surface area contributed by atoms with Gasteiger partial charge >= 0.3 is 0 Å². The molecule has 148 valence electrons. The quantitative estimate of drug-likeness (QED) is 0.635. The number of carbonyl (C=O) groups is 1. The molecule has 1 unspecified atom stereocenters. The van der Waals surface area contributed by atoms with Crippen molar-refractivity contribution in [3.63, 3.8) is 0 Å². The van der Waals surface area contributed by atoms with Gasteiger partial charge in [0.2, 0.25) is 0 Å². The fraction of sp³-hybridized carbons (Fsp3) is 0.364. The van der Waals surface area contributed by atoms with E-state index in [0.717, 1.165) is 23.6 Å². The van der Waals surface area contributed by atoms with Gasteiger partial charge in [0, 0.05) is 32.4 Å². The number of likely N-dealkylation sites (N-methyl/N-ethyl adjacent to an activating group) is 2. The van der Waals surface area contributed by atoms with Crippen LogP contribution < -0.4 is 9.80 Å². The molecule has 5 nitrogen and oxygen atoms in total. The highest BCUT2D eigenvalue weighted by Crippen LogP contribution is 2.22. The second-order valence-electron chi connectivity index (χ2n) is 7.34. The first-order chi connectivity index (χ1) is 13.5. The van der Waals surface area contributed by atoms with Crippen LogP contribution in [0.15, 0.2) is 48.5 Å². The Morgan fingerprint density at radius 2 is 1.79 bits per heavy atom. The predicted molar refractivity (Wildman–Crippen MR) is 117 cm³/mol. The van der Waals surface area contributed by atoms with Crippen LogP contribution in [0, 0.1) is 0 Å². The zero-order valence-electron chi connectivity index (χ0n) is 17.1. The molecule has 28 heavy (non-hydrogen) atoms. The first-order valence-corrected chi connectivity index (χ1v) is 10.5. The smallest absolute Gasteiger partial charge is 0.277 e. The summed E-state index contributed by atoms with van der Waals surface area (Å²) in [4.78, 5) is 22.5. The molecule has 3 rings (SSSR count). The molecule has 0 bridgehead atoms. The van der Waals surface area contributed by atoms with Crippen molar-refractivity contribution in [2.24, 2.45) is 0 Å². The molecule has 0 aliphatic carbocycles. The van der Waals surface area contributed by atoms with Gasteiger partial charge in [0.25, 0.3) is 5.91 Å². The Morgan fingerprint density at radius 3 is 2.43 bits per heavy atom. The first-order valence-electron chi connectivity index (χ1n) is 9.64. The lowest BCUT2D eigenvalue weighted by Gasteiger charge is -2.21. The van der Waals surface area contributed by atoms with Crippen molar-refractivity contribution < 1.29 is 9.69 Å². The maximum Gasteiger partial charge on any atom is 0.277 e. The molecule has 3 aromatic rings. The Hall–Kier alpha value is -2.44. The summed E-state index contributed by atoms with van der Waals surface area (Å²) in [6.45, 7) is 4.95. The topological polar surface area (TPSA) is 40.9 Å². The Kier molecular flexibility index (Phi) is 6.65. The minimum Gasteiger partial charge on any atom is -0.378 e. The number of carbonyl (C=O) groups excluding carboxylic acids is 1. The fourth-order valence-electron chi connectivity index (χ4n) is 3.14. The number of thiazole rings is 1. The summed E-state index contributed by atoms with van der Waals surface area (Å²) < 4.78 is 1.17. The van der Waals surface area contributed by atoms with Gasteiger partial charge in [-0.3, -0.25) is 4.79 Å². The van der Waals surface area contributed by atoms with Crippen LogP contribution in [0.5, 0.6) is 0 Å². The average Bonchev–Trinajstić information content (AvgIpc) is 3.09. The maximum absolute atomic E-state index is 12.7. The molecule has 1 heterocycles. The number of anilines is 1. The highest BCUT2D eigenvalue weighted by Gasteiger charge is 2.18. The number of para-hydroxylation sites is 1. The minimum atomic E-state index is 0.154. The third kappa shape index (κ3) is 5.09. The number of benzene rings is 2. The normalized spacial score (nSPS) is 12.1. The maximum atomic E-state index is 12.7. The van der Waals surface area contributed by atoms with Crippen LogP contribution in [-0.2, 0) is 17.9 Å². The van der Waals surface area contributed by atoms with E-state index in [0.29, 0.717) is 13.1 Å². The van der Waals surface area contributed by atoms with Crippen LogP contribution in [0.3, 0.4) is 0 Å². The molecule has 2 aromatic carbocycles. The zero-order chi connectivity index (χ0) is 20.1. The SMILES string of the molecule is CC[NH+](CC(=O)N(C)Cc1nc2ccccc2s1)Cc1ccc(N(C)C)cc1. The van der Waals surface area contributed by atoms with E-state index in [1.807, 2.05) is 39.3 Å². The summed E-state index contributed by atoms with van der Waals surface area (Å²) in [5.74, 6) is 0.154. The highest BCUT2D eigenvalue weighted by molar-refractivity contribution is 7.18. The summed E-state index contributed by atoms with van der Waals surface area (Å²) in [7, 11) is 5.95. The van der Waals surface area contributed by atoms with Crippen LogP contribution >= 0.6 is 11.3 Å². The second kappa shape index (κ2) is 9.17. The lowest BCUT2D eigenvalue weighted by Crippen LogP contribution is -3.11. The lowest BCUT2D eigenvalue weighted by atomic mass is 10.2. The number of nitrogens with zero attached hydrogens (tertiary/aromatic N) is 3. The van der Waals surface area contributed by atoms with Crippen LogP contribution in [0.2, 0.25) is 0 Å². The van der Waals surface area contributed by atoms with E-state index in [4.69, 9.17) is 0 Å². The lowest BCUT2D eigenvalue weighted by molar-refractivity contribution is -0.904. The number of fused-ring (bicyclic) bond motifs is 1. The number of rotatable bonds is 8. The fourth-order valence-corrected chi connectivity index (χ4v) is 4.16. The molecule has 0 radical (unpaired) electrons. The second-order valence-corrected chi connectivity index (χ2v) is 8.46. The summed E-state index contributed by atoms with van der Waals surface area (Å²) in [5.41, 5.74) is 3.45. The van der Waals surface area contributed by atoms with Crippen molar-refractivity contribution in [3.05, 3.63) is 59.1 Å². The van der Waals surface area contributed by atoms with Gasteiger partial charge in [-0.2, -0.15) is 0 Å². The predicted octanol–water partition coefficient (Wildman–Crippen LogP) is 2.43. The van der Waals surface area contributed by atoms with Gasteiger partial charge in [0.15, 0.2) is 6.54 Å². The van der Waals surface area contributed by atoms with Gasteiger partial charge < -0.3 is 14.7 Å². The van der Waals surface area contributed by atoms with E-state index in [2.05, 4.69) is 47.1 Å². The summed E-state index contributed by atoms with van der Waals surface area (Å²) >= 11 is 1.66. The third-order valence-electron chi connectivity index (χ3n) is 4.94. The van der Waals surface area contributed by atoms with E-state index in [9.17, 15) is 4.79 Å². The molecule has 0 fully saturated rings. The Labute approximate surface area is 171 Å². The monoisotopic (exact) mass is 397 g/mol. The zero-order valence-corrected chi connectivity index (χ0v) is 17.9. The molecule has 0 aliphatic heterocycles. The molecule has 0 spiro atoms. The van der Waals surface area contributed by atoms with Crippen LogP contribution in [0.1, 0.15) is 17.5 Å². The number of aromatic nitrogens is 1. The van der Waals surface area contributed by atoms with E-state index >= 15 is 0 Å². The summed E-state index contributed by atoms with van der Waals surface area (Å²) in [6, 6.07) is 16.7. The van der Waals surface area contributed by atoms with Crippen LogP contribution in [0.25, 0.3) is 10.2 Å². The van der Waals surface area contributed by atoms with E-state index in [1.165, 1.54) is 20.9 Å². The van der Waals surface area contributed by atoms with Gasteiger partial charge in [-0.15, -0.1) is 11.3 Å². The Balaban J connectivity index is 1.57. The van der Waals surface area contributed by atoms with Crippen LogP contribution in [-0.4, -0.2) is 50.0 Å². The third-order valence-corrected chi connectivity index (χ3v) is 5.97. The molecule has 6 heteroatoms. The molecule has 1 N–H and O–H groups in total. The number of hydrogen-bond donors (Lipinski definition) is 1. The summed E-state index contributed by atoms with van der Waals surface area (Å²) in [6.07, 6.45) is 0. The largest absolute Gasteiger partial charge is 0.378 e. The van der Waals surface area contributed by atoms with E-state index in [-0.39, 0.29) is 5.91 Å². The average molecular weight is 398 g/mol. The number of hydrogen-bond acceptors (Lipinski definition) is 4. The molecular weight excluding hydrogens is 368 g/mol. The van der Waals surface area contributed by atoms with Gasteiger partial charge in [-0.1, -0.05) is 24.3 Å². The molecule has 0 saturated carbocycles. The molecule has 1 amide bonds. The molecular formula is C22H29N4OS+. The van der Waals surface area contributed by atoms with Gasteiger partial charge in [-0.25, -0.2) is 4.98 Å². The van der Waals surface area contributed by atoms with Crippen molar-refractivity contribution in [2.45, 2.75) is 20.0 Å². The Bertz CT molecular complexity index is 887. The standard InChI is InChI=1S/C22H28N4OS/c1-5-26(14-17-10-12-18(13-11-17)24(2)3)16-22(27)25(4)15-21-23-19-8-6-7-9-20(19)28-21/h6-13H,5,14-16H2,1-4H3/p+1. The van der Waals surface area contributed by atoms with Crippen molar-refractivity contribution in [1.82, 2.24) is 9.88 Å². The summed E-state index contributed by atoms with van der Waals surface area (Å²) in [5, 5.41) is 0.981. The van der Waals surface area contributed by atoms with Crippen LogP contribution in [0.4, 0.5) is 5.69 Å². The number of quaternary nitrogens is 1.